The van der Waals surface area contributed by atoms with Crippen LogP contribution in [0.3, 0.4) is 0 Å². The van der Waals surface area contributed by atoms with Gasteiger partial charge in [-0.3, -0.25) is 9.59 Å². The van der Waals surface area contributed by atoms with Gasteiger partial charge in [0.1, 0.15) is 0 Å². The van der Waals surface area contributed by atoms with E-state index in [0.29, 0.717) is 6.61 Å². The Kier molecular flexibility index (Phi) is 8.52. The maximum absolute atomic E-state index is 11.1. The molecule has 94 valence electrons. The molecule has 0 bridgehead atoms. The largest absolute Gasteiger partial charge is 0.466 e. The molecule has 0 aromatic carbocycles. The van der Waals surface area contributed by atoms with Crippen LogP contribution >= 0.6 is 0 Å². The Morgan fingerprint density at radius 3 is 2.31 bits per heavy atom. The third kappa shape index (κ3) is 8.23. The van der Waals surface area contributed by atoms with E-state index in [1.165, 1.54) is 0 Å². The Hall–Kier alpha value is -1.10. The molecule has 16 heavy (non-hydrogen) atoms. The summed E-state index contributed by atoms with van der Waals surface area (Å²) in [7, 11) is 0. The van der Waals surface area contributed by atoms with E-state index in [1.807, 2.05) is 0 Å². The van der Waals surface area contributed by atoms with E-state index in [9.17, 15) is 9.59 Å². The van der Waals surface area contributed by atoms with Gasteiger partial charge in [0.2, 0.25) is 5.91 Å². The van der Waals surface area contributed by atoms with Crippen molar-refractivity contribution in [3.8, 4) is 0 Å². The maximum Gasteiger partial charge on any atom is 0.306 e. The van der Waals surface area contributed by atoms with Crippen LogP contribution in [-0.4, -0.2) is 43.0 Å². The SMILES string of the molecule is CCN(CC)CCCOC(=O)CCC(N)=O. The smallest absolute Gasteiger partial charge is 0.306 e. The number of nitrogens with two attached hydrogens (primary N) is 1. The average Bonchev–Trinajstić information content (AvgIpc) is 2.26. The van der Waals surface area contributed by atoms with Crippen LogP contribution in [0, 0.1) is 0 Å². The summed E-state index contributed by atoms with van der Waals surface area (Å²) >= 11 is 0. The van der Waals surface area contributed by atoms with Crippen LogP contribution < -0.4 is 5.73 Å². The minimum Gasteiger partial charge on any atom is -0.466 e. The summed E-state index contributed by atoms with van der Waals surface area (Å²) < 4.78 is 4.96. The van der Waals surface area contributed by atoms with Crippen LogP contribution in [0.15, 0.2) is 0 Å². The highest BCUT2D eigenvalue weighted by molar-refractivity contribution is 5.79. The monoisotopic (exact) mass is 230 g/mol. The van der Waals surface area contributed by atoms with Crippen molar-refractivity contribution in [1.29, 1.82) is 0 Å². The molecule has 0 aromatic heterocycles. The second-order valence-corrected chi connectivity index (χ2v) is 3.57. The molecule has 0 aliphatic carbocycles. The number of nitrogens with zero attached hydrogens (tertiary/aromatic N) is 1. The standard InChI is InChI=1S/C11H22N2O3/c1-3-13(4-2)8-5-9-16-11(15)7-6-10(12)14/h3-9H2,1-2H3,(H2,12,14). The lowest BCUT2D eigenvalue weighted by molar-refractivity contribution is -0.144. The molecule has 1 amide bonds. The van der Waals surface area contributed by atoms with Gasteiger partial charge in [-0.05, 0) is 19.5 Å². The van der Waals surface area contributed by atoms with Gasteiger partial charge < -0.3 is 15.4 Å². The summed E-state index contributed by atoms with van der Waals surface area (Å²) in [6.45, 7) is 7.55. The van der Waals surface area contributed by atoms with Crippen molar-refractivity contribution in [3.05, 3.63) is 0 Å². The van der Waals surface area contributed by atoms with Crippen LogP contribution in [-0.2, 0) is 14.3 Å². The van der Waals surface area contributed by atoms with E-state index < -0.39 is 5.91 Å². The molecule has 2 N–H and O–H groups in total. The number of primary amides is 1. The Balaban J connectivity index is 3.43. The second kappa shape index (κ2) is 9.15. The summed E-state index contributed by atoms with van der Waals surface area (Å²) in [6.07, 6.45) is 0.972. The van der Waals surface area contributed by atoms with Gasteiger partial charge in [-0.25, -0.2) is 0 Å². The fourth-order valence-corrected chi connectivity index (χ4v) is 1.31. The van der Waals surface area contributed by atoms with E-state index in [-0.39, 0.29) is 18.8 Å². The first-order chi connectivity index (χ1) is 7.60. The summed E-state index contributed by atoms with van der Waals surface area (Å²) in [5.74, 6) is -0.821. The number of esters is 1. The van der Waals surface area contributed by atoms with Crippen molar-refractivity contribution in [2.45, 2.75) is 33.1 Å². The van der Waals surface area contributed by atoms with Crippen molar-refractivity contribution in [2.75, 3.05) is 26.2 Å². The highest BCUT2D eigenvalue weighted by Crippen LogP contribution is 1.95. The van der Waals surface area contributed by atoms with Crippen molar-refractivity contribution < 1.29 is 14.3 Å². The lowest BCUT2D eigenvalue weighted by Crippen LogP contribution is -2.25. The predicted octanol–water partition coefficient (Wildman–Crippen LogP) is 0.527. The Morgan fingerprint density at radius 2 is 1.81 bits per heavy atom. The zero-order valence-corrected chi connectivity index (χ0v) is 10.2. The molecule has 0 spiro atoms. The van der Waals surface area contributed by atoms with Gasteiger partial charge in [-0.15, -0.1) is 0 Å². The van der Waals surface area contributed by atoms with E-state index in [4.69, 9.17) is 10.5 Å². The Bertz CT molecular complexity index is 215. The highest BCUT2D eigenvalue weighted by Gasteiger charge is 2.05. The molecule has 5 heteroatoms. The first-order valence-electron chi connectivity index (χ1n) is 5.76. The lowest BCUT2D eigenvalue weighted by Gasteiger charge is -2.17. The molecule has 0 atom stereocenters. The fourth-order valence-electron chi connectivity index (χ4n) is 1.31. The molecule has 0 radical (unpaired) electrons. The minimum absolute atomic E-state index is 0.0644. The summed E-state index contributed by atoms with van der Waals surface area (Å²) in [4.78, 5) is 23.8. The van der Waals surface area contributed by atoms with Gasteiger partial charge >= 0.3 is 5.97 Å². The molecular formula is C11H22N2O3. The Labute approximate surface area is 96.9 Å². The van der Waals surface area contributed by atoms with Gasteiger partial charge in [-0.1, -0.05) is 13.8 Å². The van der Waals surface area contributed by atoms with Gasteiger partial charge in [0.25, 0.3) is 0 Å². The molecule has 0 saturated heterocycles. The molecule has 0 rings (SSSR count). The van der Waals surface area contributed by atoms with E-state index in [0.717, 1.165) is 26.1 Å². The van der Waals surface area contributed by atoms with E-state index >= 15 is 0 Å². The van der Waals surface area contributed by atoms with Crippen molar-refractivity contribution in [1.82, 2.24) is 4.90 Å². The second-order valence-electron chi connectivity index (χ2n) is 3.57. The Morgan fingerprint density at radius 1 is 1.19 bits per heavy atom. The summed E-state index contributed by atoms with van der Waals surface area (Å²) in [5.41, 5.74) is 4.92. The van der Waals surface area contributed by atoms with E-state index in [2.05, 4.69) is 18.7 Å². The average molecular weight is 230 g/mol. The van der Waals surface area contributed by atoms with Crippen LogP contribution in [0.25, 0.3) is 0 Å². The molecule has 0 unspecified atom stereocenters. The summed E-state index contributed by atoms with van der Waals surface area (Å²) in [5, 5.41) is 0. The van der Waals surface area contributed by atoms with Gasteiger partial charge in [0, 0.05) is 13.0 Å². The first-order valence-corrected chi connectivity index (χ1v) is 5.76. The molecule has 0 saturated carbocycles. The maximum atomic E-state index is 11.1. The quantitative estimate of drug-likeness (QED) is 0.463. The topological polar surface area (TPSA) is 72.6 Å². The van der Waals surface area contributed by atoms with Gasteiger partial charge in [0.15, 0.2) is 0 Å². The zero-order chi connectivity index (χ0) is 12.4. The number of carbonyl (C=O) groups is 2. The number of hydrogen-bond donors (Lipinski definition) is 1. The molecule has 0 aliphatic rings. The molecule has 0 fully saturated rings. The molecule has 0 aromatic rings. The molecular weight excluding hydrogens is 208 g/mol. The molecule has 0 aliphatic heterocycles. The lowest BCUT2D eigenvalue weighted by atomic mass is 10.3. The molecule has 5 nitrogen and oxygen atoms in total. The van der Waals surface area contributed by atoms with Crippen LogP contribution in [0.1, 0.15) is 33.1 Å². The van der Waals surface area contributed by atoms with Crippen molar-refractivity contribution >= 4 is 11.9 Å². The van der Waals surface area contributed by atoms with Crippen LogP contribution in [0.5, 0.6) is 0 Å². The van der Waals surface area contributed by atoms with Crippen LogP contribution in [0.2, 0.25) is 0 Å². The summed E-state index contributed by atoms with van der Waals surface area (Å²) in [6, 6.07) is 0. The highest BCUT2D eigenvalue weighted by atomic mass is 16.5. The third-order valence-corrected chi connectivity index (χ3v) is 2.35. The molecule has 0 heterocycles. The normalized spacial score (nSPS) is 10.4. The number of carbonyl (C=O) groups excluding carboxylic acids is 2. The predicted molar refractivity (Wildman–Crippen MR) is 61.8 cm³/mol. The van der Waals surface area contributed by atoms with Gasteiger partial charge in [-0.2, -0.15) is 0 Å². The number of amides is 1. The third-order valence-electron chi connectivity index (χ3n) is 2.35. The fraction of sp³-hybridized carbons (Fsp3) is 0.818. The van der Waals surface area contributed by atoms with Crippen LogP contribution in [0.4, 0.5) is 0 Å². The van der Waals surface area contributed by atoms with Crippen molar-refractivity contribution in [3.63, 3.8) is 0 Å². The van der Waals surface area contributed by atoms with Crippen molar-refractivity contribution in [2.24, 2.45) is 5.73 Å². The van der Waals surface area contributed by atoms with E-state index in [1.54, 1.807) is 0 Å². The first kappa shape index (κ1) is 14.9. The number of rotatable bonds is 9. The number of ether oxygens (including phenoxy) is 1. The minimum atomic E-state index is -0.472. The van der Waals surface area contributed by atoms with Gasteiger partial charge in [0.05, 0.1) is 13.0 Å². The zero-order valence-electron chi connectivity index (χ0n) is 10.2. The number of hydrogen-bond acceptors (Lipinski definition) is 4.